The van der Waals surface area contributed by atoms with E-state index in [0.29, 0.717) is 12.6 Å². The summed E-state index contributed by atoms with van der Waals surface area (Å²) in [5, 5.41) is 3.74. The highest BCUT2D eigenvalue weighted by Crippen LogP contribution is 2.27. The lowest BCUT2D eigenvalue weighted by Crippen LogP contribution is -2.34. The van der Waals surface area contributed by atoms with Crippen molar-refractivity contribution in [2.75, 3.05) is 0 Å². The van der Waals surface area contributed by atoms with E-state index >= 15 is 0 Å². The van der Waals surface area contributed by atoms with E-state index < -0.39 is 0 Å². The summed E-state index contributed by atoms with van der Waals surface area (Å²) in [6.45, 7) is 2.87. The molecule has 3 heteroatoms. The van der Waals surface area contributed by atoms with Crippen LogP contribution in [0.1, 0.15) is 44.6 Å². The maximum Gasteiger partial charge on any atom is 0.142 e. The molecule has 0 bridgehead atoms. The first-order valence-corrected chi connectivity index (χ1v) is 7.22. The molecule has 1 fully saturated rings. The minimum atomic E-state index is -0.332. The zero-order valence-electron chi connectivity index (χ0n) is 10.9. The number of hydrogen-bond donors (Lipinski definition) is 1. The maximum atomic E-state index is 13.3. The van der Waals surface area contributed by atoms with Gasteiger partial charge in [-0.25, -0.2) is 4.39 Å². The van der Waals surface area contributed by atoms with Gasteiger partial charge in [-0.05, 0) is 37.3 Å². The standard InChI is InChI=1S/C15H21ClFN/c1-11(12-6-3-2-4-7-12)18-10-13-8-5-9-14(17)15(13)16/h5,8-9,11-12,18H,2-4,6-7,10H2,1H3/t11-/m1/s1. The van der Waals surface area contributed by atoms with E-state index in [1.807, 2.05) is 6.07 Å². The molecule has 0 heterocycles. The summed E-state index contributed by atoms with van der Waals surface area (Å²) in [7, 11) is 0. The highest BCUT2D eigenvalue weighted by Gasteiger charge is 2.19. The number of rotatable bonds is 4. The zero-order valence-corrected chi connectivity index (χ0v) is 11.6. The summed E-state index contributed by atoms with van der Waals surface area (Å²) in [6, 6.07) is 5.47. The van der Waals surface area contributed by atoms with Crippen molar-refractivity contribution in [1.29, 1.82) is 0 Å². The lowest BCUT2D eigenvalue weighted by atomic mass is 9.84. The second kappa shape index (κ2) is 6.53. The van der Waals surface area contributed by atoms with Crippen molar-refractivity contribution in [3.63, 3.8) is 0 Å². The molecule has 0 radical (unpaired) electrons. The Labute approximate surface area is 114 Å². The molecular formula is C15H21ClFN. The highest BCUT2D eigenvalue weighted by molar-refractivity contribution is 6.31. The van der Waals surface area contributed by atoms with Crippen LogP contribution >= 0.6 is 11.6 Å². The first kappa shape index (κ1) is 13.8. The van der Waals surface area contributed by atoms with Crippen LogP contribution < -0.4 is 5.32 Å². The van der Waals surface area contributed by atoms with E-state index in [4.69, 9.17) is 11.6 Å². The molecule has 1 aromatic rings. The van der Waals surface area contributed by atoms with Gasteiger partial charge in [0.05, 0.1) is 5.02 Å². The molecule has 100 valence electrons. The van der Waals surface area contributed by atoms with Gasteiger partial charge < -0.3 is 5.32 Å². The van der Waals surface area contributed by atoms with Crippen LogP contribution in [0.25, 0.3) is 0 Å². The molecule has 1 N–H and O–H groups in total. The monoisotopic (exact) mass is 269 g/mol. The van der Waals surface area contributed by atoms with E-state index in [-0.39, 0.29) is 10.8 Å². The molecule has 1 aliphatic rings. The Kier molecular flexibility index (Phi) is 5.02. The Morgan fingerprint density at radius 2 is 2.06 bits per heavy atom. The average Bonchev–Trinajstić information content (AvgIpc) is 2.41. The van der Waals surface area contributed by atoms with Crippen LogP contribution in [0.5, 0.6) is 0 Å². The van der Waals surface area contributed by atoms with Crippen molar-refractivity contribution in [2.24, 2.45) is 5.92 Å². The summed E-state index contributed by atoms with van der Waals surface area (Å²) in [5.41, 5.74) is 0.847. The Morgan fingerprint density at radius 3 is 2.78 bits per heavy atom. The second-order valence-electron chi connectivity index (χ2n) is 5.28. The molecule has 0 spiro atoms. The van der Waals surface area contributed by atoms with Gasteiger partial charge in [-0.15, -0.1) is 0 Å². The van der Waals surface area contributed by atoms with Crippen LogP contribution in [-0.2, 0) is 6.54 Å². The van der Waals surface area contributed by atoms with E-state index in [2.05, 4.69) is 12.2 Å². The average molecular weight is 270 g/mol. The number of halogens is 2. The minimum Gasteiger partial charge on any atom is -0.310 e. The topological polar surface area (TPSA) is 12.0 Å². The van der Waals surface area contributed by atoms with Crippen LogP contribution in [0.4, 0.5) is 4.39 Å². The molecule has 1 aliphatic carbocycles. The van der Waals surface area contributed by atoms with Crippen LogP contribution in [-0.4, -0.2) is 6.04 Å². The summed E-state index contributed by atoms with van der Waals surface area (Å²) >= 11 is 5.95. The normalized spacial score (nSPS) is 18.8. The largest absolute Gasteiger partial charge is 0.310 e. The molecule has 1 saturated carbocycles. The fraction of sp³-hybridized carbons (Fsp3) is 0.600. The van der Waals surface area contributed by atoms with Crippen molar-refractivity contribution in [3.8, 4) is 0 Å². The van der Waals surface area contributed by atoms with Gasteiger partial charge >= 0.3 is 0 Å². The maximum absolute atomic E-state index is 13.3. The fourth-order valence-corrected chi connectivity index (χ4v) is 2.95. The highest BCUT2D eigenvalue weighted by atomic mass is 35.5. The third kappa shape index (κ3) is 3.46. The summed E-state index contributed by atoms with van der Waals surface area (Å²) in [4.78, 5) is 0. The second-order valence-corrected chi connectivity index (χ2v) is 5.66. The fourth-order valence-electron chi connectivity index (χ4n) is 2.76. The first-order chi connectivity index (χ1) is 8.68. The molecule has 0 saturated heterocycles. The Balaban J connectivity index is 1.88. The zero-order chi connectivity index (χ0) is 13.0. The van der Waals surface area contributed by atoms with Gasteiger partial charge in [0.25, 0.3) is 0 Å². The minimum absolute atomic E-state index is 0.251. The molecule has 0 aliphatic heterocycles. The third-order valence-corrected chi connectivity index (χ3v) is 4.43. The Morgan fingerprint density at radius 1 is 1.33 bits per heavy atom. The summed E-state index contributed by atoms with van der Waals surface area (Å²) < 4.78 is 13.3. The summed E-state index contributed by atoms with van der Waals surface area (Å²) in [6.07, 6.45) is 6.68. The predicted molar refractivity (Wildman–Crippen MR) is 74.3 cm³/mol. The van der Waals surface area contributed by atoms with E-state index in [9.17, 15) is 4.39 Å². The van der Waals surface area contributed by atoms with E-state index in [1.54, 1.807) is 6.07 Å². The van der Waals surface area contributed by atoms with Gasteiger partial charge in [0.1, 0.15) is 5.82 Å². The molecule has 18 heavy (non-hydrogen) atoms. The predicted octanol–water partition coefficient (Wildman–Crippen LogP) is 4.54. The van der Waals surface area contributed by atoms with Crippen molar-refractivity contribution in [1.82, 2.24) is 5.32 Å². The Hall–Kier alpha value is -0.600. The van der Waals surface area contributed by atoms with Gasteiger partial charge in [-0.3, -0.25) is 0 Å². The lowest BCUT2D eigenvalue weighted by molar-refractivity contribution is 0.280. The number of hydrogen-bond acceptors (Lipinski definition) is 1. The molecule has 0 unspecified atom stereocenters. The molecule has 0 amide bonds. The van der Waals surface area contributed by atoms with Crippen LogP contribution in [0.15, 0.2) is 18.2 Å². The van der Waals surface area contributed by atoms with Crippen molar-refractivity contribution < 1.29 is 4.39 Å². The van der Waals surface area contributed by atoms with Gasteiger partial charge in [0.2, 0.25) is 0 Å². The van der Waals surface area contributed by atoms with Crippen molar-refractivity contribution in [2.45, 2.75) is 51.6 Å². The number of benzene rings is 1. The quantitative estimate of drug-likeness (QED) is 0.846. The third-order valence-electron chi connectivity index (χ3n) is 4.00. The molecule has 1 atom stereocenters. The van der Waals surface area contributed by atoms with E-state index in [1.165, 1.54) is 38.2 Å². The number of nitrogens with one attached hydrogen (secondary N) is 1. The Bertz CT molecular complexity index is 388. The molecule has 2 rings (SSSR count). The van der Waals surface area contributed by atoms with Crippen LogP contribution in [0, 0.1) is 11.7 Å². The molecular weight excluding hydrogens is 249 g/mol. The molecule has 1 nitrogen and oxygen atoms in total. The van der Waals surface area contributed by atoms with Gasteiger partial charge in [-0.1, -0.05) is 43.0 Å². The molecule has 0 aromatic heterocycles. The smallest absolute Gasteiger partial charge is 0.142 e. The van der Waals surface area contributed by atoms with Crippen LogP contribution in [0.2, 0.25) is 5.02 Å². The van der Waals surface area contributed by atoms with Gasteiger partial charge in [-0.2, -0.15) is 0 Å². The van der Waals surface area contributed by atoms with Gasteiger partial charge in [0, 0.05) is 12.6 Å². The molecule has 1 aromatic carbocycles. The lowest BCUT2D eigenvalue weighted by Gasteiger charge is -2.28. The van der Waals surface area contributed by atoms with Crippen molar-refractivity contribution >= 4 is 11.6 Å². The van der Waals surface area contributed by atoms with E-state index in [0.717, 1.165) is 11.5 Å². The van der Waals surface area contributed by atoms with Gasteiger partial charge in [0.15, 0.2) is 0 Å². The van der Waals surface area contributed by atoms with Crippen molar-refractivity contribution in [3.05, 3.63) is 34.6 Å². The van der Waals surface area contributed by atoms with Crippen LogP contribution in [0.3, 0.4) is 0 Å². The first-order valence-electron chi connectivity index (χ1n) is 6.84. The summed E-state index contributed by atoms with van der Waals surface area (Å²) in [5.74, 6) is 0.423. The SMILES string of the molecule is C[C@@H](NCc1cccc(F)c1Cl)C1CCCCC1.